The lowest BCUT2D eigenvalue weighted by atomic mass is 10.1. The van der Waals surface area contributed by atoms with Crippen LogP contribution in [0.5, 0.6) is 0 Å². The van der Waals surface area contributed by atoms with Gasteiger partial charge in [0.25, 0.3) is 0 Å². The molecular formula is C23H26N4O3. The maximum absolute atomic E-state index is 12.9. The Hall–Kier alpha value is -3.35. The van der Waals surface area contributed by atoms with Gasteiger partial charge in [-0.3, -0.25) is 14.4 Å². The highest BCUT2D eigenvalue weighted by Gasteiger charge is 2.31. The number of nitrogens with zero attached hydrogens (tertiary/aromatic N) is 2. The van der Waals surface area contributed by atoms with Crippen LogP contribution in [0.2, 0.25) is 0 Å². The van der Waals surface area contributed by atoms with Crippen molar-refractivity contribution < 1.29 is 14.4 Å². The Balaban J connectivity index is 1.44. The quantitative estimate of drug-likeness (QED) is 0.798. The smallest absolute Gasteiger partial charge is 0.248 e. The second-order valence-electron chi connectivity index (χ2n) is 7.80. The van der Waals surface area contributed by atoms with Crippen molar-refractivity contribution in [1.29, 1.82) is 0 Å². The van der Waals surface area contributed by atoms with Gasteiger partial charge in [-0.2, -0.15) is 0 Å². The molecule has 3 N–H and O–H groups in total. The molecule has 0 aromatic heterocycles. The van der Waals surface area contributed by atoms with E-state index in [2.05, 4.69) is 5.32 Å². The molecule has 2 saturated heterocycles. The van der Waals surface area contributed by atoms with Crippen molar-refractivity contribution in [3.63, 3.8) is 0 Å². The summed E-state index contributed by atoms with van der Waals surface area (Å²) in [5.74, 6) is -0.416. The summed E-state index contributed by atoms with van der Waals surface area (Å²) in [6, 6.07) is 14.2. The fourth-order valence-corrected chi connectivity index (χ4v) is 4.22. The zero-order chi connectivity index (χ0) is 21.1. The molecule has 3 amide bonds. The van der Waals surface area contributed by atoms with E-state index >= 15 is 0 Å². The number of carbonyl (C=O) groups is 3. The predicted molar refractivity (Wildman–Crippen MR) is 117 cm³/mol. The summed E-state index contributed by atoms with van der Waals surface area (Å²) in [6.45, 7) is 1.49. The topological polar surface area (TPSA) is 95.7 Å². The largest absolute Gasteiger partial charge is 0.366 e. The first-order chi connectivity index (χ1) is 14.5. The van der Waals surface area contributed by atoms with Crippen molar-refractivity contribution >= 4 is 34.8 Å². The van der Waals surface area contributed by atoms with Crippen LogP contribution in [-0.4, -0.2) is 36.9 Å². The van der Waals surface area contributed by atoms with Crippen LogP contribution in [0.15, 0.2) is 48.5 Å². The van der Waals surface area contributed by atoms with Gasteiger partial charge in [-0.15, -0.1) is 0 Å². The first-order valence-electron chi connectivity index (χ1n) is 10.4. The summed E-state index contributed by atoms with van der Waals surface area (Å²) in [4.78, 5) is 40.3. The number of nitrogens with two attached hydrogens (primary N) is 1. The lowest BCUT2D eigenvalue weighted by molar-refractivity contribution is -0.119. The highest BCUT2D eigenvalue weighted by Crippen LogP contribution is 2.28. The highest BCUT2D eigenvalue weighted by atomic mass is 16.2. The number of hydrogen-bond acceptors (Lipinski definition) is 4. The van der Waals surface area contributed by atoms with Crippen molar-refractivity contribution in [3.8, 4) is 0 Å². The van der Waals surface area contributed by atoms with Crippen LogP contribution < -0.4 is 20.9 Å². The van der Waals surface area contributed by atoms with Gasteiger partial charge < -0.3 is 20.9 Å². The number of anilines is 3. The highest BCUT2D eigenvalue weighted by molar-refractivity contribution is 5.99. The number of piperidine rings is 1. The SMILES string of the molecule is NC(=O)c1cccc(N2CCCC2C(=O)Nc2ccc(N3CCCCC3=O)cc2)c1. The van der Waals surface area contributed by atoms with Crippen LogP contribution in [0.1, 0.15) is 42.5 Å². The Kier molecular flexibility index (Phi) is 5.70. The van der Waals surface area contributed by atoms with Gasteiger partial charge in [-0.1, -0.05) is 6.07 Å². The van der Waals surface area contributed by atoms with Crippen molar-refractivity contribution in [2.75, 3.05) is 28.2 Å². The standard InChI is InChI=1S/C23H26N4O3/c24-22(29)16-5-3-6-19(15-16)26-14-4-7-20(26)23(30)25-17-9-11-18(12-10-17)27-13-2-1-8-21(27)28/h3,5-6,9-12,15,20H,1-2,4,7-8,13-14H2,(H2,24,29)(H,25,30). The number of benzene rings is 2. The number of hydrogen-bond donors (Lipinski definition) is 2. The average Bonchev–Trinajstić information content (AvgIpc) is 3.25. The van der Waals surface area contributed by atoms with Crippen LogP contribution in [0.25, 0.3) is 0 Å². The molecule has 2 aromatic carbocycles. The molecule has 30 heavy (non-hydrogen) atoms. The molecule has 0 aliphatic carbocycles. The predicted octanol–water partition coefficient (Wildman–Crippen LogP) is 2.91. The third-order valence-corrected chi connectivity index (χ3v) is 5.79. The second kappa shape index (κ2) is 8.57. The minimum Gasteiger partial charge on any atom is -0.366 e. The van der Waals surface area contributed by atoms with E-state index in [1.54, 1.807) is 23.1 Å². The summed E-state index contributed by atoms with van der Waals surface area (Å²) < 4.78 is 0. The maximum atomic E-state index is 12.9. The average molecular weight is 406 g/mol. The Morgan fingerprint density at radius 3 is 2.50 bits per heavy atom. The molecule has 1 atom stereocenters. The molecule has 7 heteroatoms. The molecule has 0 radical (unpaired) electrons. The summed E-state index contributed by atoms with van der Waals surface area (Å²) in [5, 5.41) is 2.99. The zero-order valence-corrected chi connectivity index (χ0v) is 16.8. The molecule has 1 unspecified atom stereocenters. The molecule has 2 aliphatic heterocycles. The first kappa shape index (κ1) is 19.9. The van der Waals surface area contributed by atoms with Gasteiger partial charge in [0.2, 0.25) is 17.7 Å². The van der Waals surface area contributed by atoms with Gasteiger partial charge in [-0.05, 0) is 68.1 Å². The Bertz CT molecular complexity index is 957. The number of amides is 3. The molecule has 4 rings (SSSR count). The van der Waals surface area contributed by atoms with E-state index in [1.165, 1.54) is 0 Å². The van der Waals surface area contributed by atoms with Crippen LogP contribution in [-0.2, 0) is 9.59 Å². The molecule has 2 aromatic rings. The number of primary amides is 1. The van der Waals surface area contributed by atoms with Gasteiger partial charge >= 0.3 is 0 Å². The van der Waals surface area contributed by atoms with Crippen molar-refractivity contribution in [1.82, 2.24) is 0 Å². The Labute approximate surface area is 175 Å². The minimum absolute atomic E-state index is 0.0845. The van der Waals surface area contributed by atoms with Crippen molar-refractivity contribution in [2.45, 2.75) is 38.1 Å². The van der Waals surface area contributed by atoms with E-state index in [0.717, 1.165) is 50.1 Å². The molecule has 2 fully saturated rings. The van der Waals surface area contributed by atoms with Gasteiger partial charge in [0, 0.05) is 42.1 Å². The number of nitrogens with one attached hydrogen (secondary N) is 1. The summed E-state index contributed by atoms with van der Waals surface area (Å²) in [7, 11) is 0. The summed E-state index contributed by atoms with van der Waals surface area (Å²) in [6.07, 6.45) is 4.19. The molecular weight excluding hydrogens is 380 g/mol. The number of carbonyl (C=O) groups excluding carboxylic acids is 3. The van der Waals surface area contributed by atoms with Gasteiger partial charge in [-0.25, -0.2) is 0 Å². The monoisotopic (exact) mass is 406 g/mol. The molecule has 0 saturated carbocycles. The fraction of sp³-hybridized carbons (Fsp3) is 0.348. The van der Waals surface area contributed by atoms with Crippen LogP contribution in [0.4, 0.5) is 17.1 Å². The lowest BCUT2D eigenvalue weighted by Gasteiger charge is -2.27. The van der Waals surface area contributed by atoms with E-state index in [-0.39, 0.29) is 17.9 Å². The zero-order valence-electron chi connectivity index (χ0n) is 16.8. The fourth-order valence-electron chi connectivity index (χ4n) is 4.22. The van der Waals surface area contributed by atoms with Crippen LogP contribution >= 0.6 is 0 Å². The van der Waals surface area contributed by atoms with Gasteiger partial charge in [0.05, 0.1) is 0 Å². The Morgan fingerprint density at radius 2 is 1.77 bits per heavy atom. The second-order valence-corrected chi connectivity index (χ2v) is 7.80. The molecule has 156 valence electrons. The minimum atomic E-state index is -0.482. The molecule has 0 spiro atoms. The lowest BCUT2D eigenvalue weighted by Crippen LogP contribution is -2.39. The van der Waals surface area contributed by atoms with Gasteiger partial charge in [0.15, 0.2) is 0 Å². The van der Waals surface area contributed by atoms with Crippen molar-refractivity contribution in [3.05, 3.63) is 54.1 Å². The van der Waals surface area contributed by atoms with E-state index < -0.39 is 5.91 Å². The number of rotatable bonds is 5. The third-order valence-electron chi connectivity index (χ3n) is 5.79. The van der Waals surface area contributed by atoms with Crippen molar-refractivity contribution in [2.24, 2.45) is 5.73 Å². The van der Waals surface area contributed by atoms with E-state index in [4.69, 9.17) is 5.73 Å². The van der Waals surface area contributed by atoms with Gasteiger partial charge in [0.1, 0.15) is 6.04 Å². The summed E-state index contributed by atoms with van der Waals surface area (Å²) >= 11 is 0. The van der Waals surface area contributed by atoms with Crippen LogP contribution in [0, 0.1) is 0 Å². The van der Waals surface area contributed by atoms with E-state index in [1.807, 2.05) is 35.2 Å². The molecule has 2 heterocycles. The van der Waals surface area contributed by atoms with E-state index in [9.17, 15) is 14.4 Å². The molecule has 2 aliphatic rings. The first-order valence-corrected chi connectivity index (χ1v) is 10.4. The normalized spacial score (nSPS) is 19.1. The molecule has 7 nitrogen and oxygen atoms in total. The summed E-state index contributed by atoms with van der Waals surface area (Å²) in [5.41, 5.74) is 8.21. The third kappa shape index (κ3) is 4.15. The molecule has 0 bridgehead atoms. The van der Waals surface area contributed by atoms with Crippen LogP contribution in [0.3, 0.4) is 0 Å². The maximum Gasteiger partial charge on any atom is 0.248 e. The van der Waals surface area contributed by atoms with E-state index in [0.29, 0.717) is 17.7 Å². The Morgan fingerprint density at radius 1 is 0.967 bits per heavy atom.